The molecule has 2 rings (SSSR count). The van der Waals surface area contributed by atoms with E-state index in [1.54, 1.807) is 0 Å². The highest BCUT2D eigenvalue weighted by molar-refractivity contribution is 5.97. The van der Waals surface area contributed by atoms with Gasteiger partial charge in [-0.2, -0.15) is 0 Å². The summed E-state index contributed by atoms with van der Waals surface area (Å²) in [5.74, 6) is -1.68. The standard InChI is InChI=1S/C15H20N2O4/c1-2-15(7-4-8-15)9-16-14(21)17-11-6-3-5-10(12(11)18)13(19)20/h3,5-6,18H,2,4,7-9H2,1H3,(H,19,20)(H2,16,17,21). The fourth-order valence-corrected chi connectivity index (χ4v) is 2.58. The Kier molecular flexibility index (Phi) is 4.35. The topological polar surface area (TPSA) is 98.7 Å². The largest absolute Gasteiger partial charge is 0.505 e. The summed E-state index contributed by atoms with van der Waals surface area (Å²) in [5.41, 5.74) is 0.0471. The van der Waals surface area contributed by atoms with Crippen LogP contribution in [0.1, 0.15) is 43.0 Å². The maximum Gasteiger partial charge on any atom is 0.339 e. The molecular formula is C15H20N2O4. The van der Waals surface area contributed by atoms with E-state index in [2.05, 4.69) is 17.6 Å². The molecule has 0 spiro atoms. The van der Waals surface area contributed by atoms with Crippen LogP contribution in [0, 0.1) is 5.41 Å². The molecule has 6 nitrogen and oxygen atoms in total. The average Bonchev–Trinajstić information content (AvgIpc) is 2.40. The lowest BCUT2D eigenvalue weighted by Gasteiger charge is -2.41. The van der Waals surface area contributed by atoms with Crippen molar-refractivity contribution in [2.24, 2.45) is 5.41 Å². The van der Waals surface area contributed by atoms with Gasteiger partial charge in [-0.15, -0.1) is 0 Å². The van der Waals surface area contributed by atoms with Crippen LogP contribution in [0.15, 0.2) is 18.2 Å². The fraction of sp³-hybridized carbons (Fsp3) is 0.467. The number of phenols is 1. The normalized spacial score (nSPS) is 15.9. The second-order valence-corrected chi connectivity index (χ2v) is 5.52. The monoisotopic (exact) mass is 292 g/mol. The first kappa shape index (κ1) is 15.2. The van der Waals surface area contributed by atoms with E-state index in [-0.39, 0.29) is 16.7 Å². The number of rotatable bonds is 5. The van der Waals surface area contributed by atoms with Crippen LogP contribution in [0.25, 0.3) is 0 Å². The number of nitrogens with one attached hydrogen (secondary N) is 2. The highest BCUT2D eigenvalue weighted by Crippen LogP contribution is 2.43. The summed E-state index contributed by atoms with van der Waals surface area (Å²) in [5, 5.41) is 24.0. The summed E-state index contributed by atoms with van der Waals surface area (Å²) in [6.07, 6.45) is 4.44. The second-order valence-electron chi connectivity index (χ2n) is 5.52. The molecule has 0 aliphatic heterocycles. The van der Waals surface area contributed by atoms with Crippen LogP contribution < -0.4 is 10.6 Å². The number of para-hydroxylation sites is 1. The van der Waals surface area contributed by atoms with E-state index in [1.165, 1.54) is 24.6 Å². The quantitative estimate of drug-likeness (QED) is 0.627. The van der Waals surface area contributed by atoms with Gasteiger partial charge in [0.25, 0.3) is 0 Å². The molecule has 1 aliphatic carbocycles. The molecule has 2 amide bonds. The van der Waals surface area contributed by atoms with Gasteiger partial charge in [-0.1, -0.05) is 19.4 Å². The lowest BCUT2D eigenvalue weighted by molar-refractivity contribution is 0.0693. The van der Waals surface area contributed by atoms with Gasteiger partial charge in [0.05, 0.1) is 5.69 Å². The van der Waals surface area contributed by atoms with Gasteiger partial charge in [0.1, 0.15) is 5.56 Å². The summed E-state index contributed by atoms with van der Waals surface area (Å²) in [6.45, 7) is 2.70. The molecule has 0 atom stereocenters. The number of hydrogen-bond donors (Lipinski definition) is 4. The number of carbonyl (C=O) groups is 2. The molecule has 1 saturated carbocycles. The second kappa shape index (κ2) is 6.03. The number of hydrogen-bond acceptors (Lipinski definition) is 3. The zero-order valence-electron chi connectivity index (χ0n) is 12.0. The molecule has 4 N–H and O–H groups in total. The molecule has 0 heterocycles. The fourth-order valence-electron chi connectivity index (χ4n) is 2.58. The molecule has 21 heavy (non-hydrogen) atoms. The van der Waals surface area contributed by atoms with Crippen molar-refractivity contribution in [3.63, 3.8) is 0 Å². The van der Waals surface area contributed by atoms with E-state index < -0.39 is 17.7 Å². The summed E-state index contributed by atoms with van der Waals surface area (Å²) in [7, 11) is 0. The van der Waals surface area contributed by atoms with Crippen molar-refractivity contribution in [1.82, 2.24) is 5.32 Å². The van der Waals surface area contributed by atoms with Crippen LogP contribution in [0.3, 0.4) is 0 Å². The van der Waals surface area contributed by atoms with Gasteiger partial charge in [-0.3, -0.25) is 0 Å². The minimum atomic E-state index is -1.24. The Morgan fingerprint density at radius 1 is 1.33 bits per heavy atom. The molecule has 1 aromatic carbocycles. The van der Waals surface area contributed by atoms with Crippen molar-refractivity contribution in [3.05, 3.63) is 23.8 Å². The highest BCUT2D eigenvalue weighted by atomic mass is 16.4. The maximum atomic E-state index is 11.9. The van der Waals surface area contributed by atoms with E-state index in [0.717, 1.165) is 19.3 Å². The van der Waals surface area contributed by atoms with Gasteiger partial charge in [0, 0.05) is 6.54 Å². The number of carbonyl (C=O) groups excluding carboxylic acids is 1. The van der Waals surface area contributed by atoms with Crippen molar-refractivity contribution in [3.8, 4) is 5.75 Å². The third-order valence-corrected chi connectivity index (χ3v) is 4.30. The summed E-state index contributed by atoms with van der Waals surface area (Å²) < 4.78 is 0. The molecule has 1 aromatic rings. The van der Waals surface area contributed by atoms with E-state index in [0.29, 0.717) is 6.54 Å². The Bertz CT molecular complexity index is 547. The molecule has 1 aliphatic rings. The summed E-state index contributed by atoms with van der Waals surface area (Å²) in [6, 6.07) is 3.77. The van der Waals surface area contributed by atoms with Crippen molar-refractivity contribution in [2.45, 2.75) is 32.6 Å². The van der Waals surface area contributed by atoms with Crippen molar-refractivity contribution in [1.29, 1.82) is 0 Å². The molecule has 0 radical (unpaired) electrons. The first-order valence-corrected chi connectivity index (χ1v) is 7.07. The minimum Gasteiger partial charge on any atom is -0.505 e. The van der Waals surface area contributed by atoms with Crippen LogP contribution >= 0.6 is 0 Å². The van der Waals surface area contributed by atoms with Crippen LogP contribution in [0.4, 0.5) is 10.5 Å². The Hall–Kier alpha value is -2.24. The number of urea groups is 1. The molecule has 6 heteroatoms. The molecule has 114 valence electrons. The smallest absolute Gasteiger partial charge is 0.339 e. The van der Waals surface area contributed by atoms with Gasteiger partial charge in [0.2, 0.25) is 0 Å². The highest BCUT2D eigenvalue weighted by Gasteiger charge is 2.35. The van der Waals surface area contributed by atoms with Crippen molar-refractivity contribution in [2.75, 3.05) is 11.9 Å². The van der Waals surface area contributed by atoms with Crippen LogP contribution in [-0.4, -0.2) is 28.8 Å². The third kappa shape index (κ3) is 3.26. The zero-order valence-corrected chi connectivity index (χ0v) is 12.0. The summed E-state index contributed by atoms with van der Waals surface area (Å²) >= 11 is 0. The predicted octanol–water partition coefficient (Wildman–Crippen LogP) is 2.79. The number of anilines is 1. The third-order valence-electron chi connectivity index (χ3n) is 4.30. The van der Waals surface area contributed by atoms with Gasteiger partial charge >= 0.3 is 12.0 Å². The molecule has 0 aromatic heterocycles. The zero-order chi connectivity index (χ0) is 15.5. The molecule has 0 bridgehead atoms. The van der Waals surface area contributed by atoms with E-state index in [4.69, 9.17) is 5.11 Å². The summed E-state index contributed by atoms with van der Waals surface area (Å²) in [4.78, 5) is 22.8. The van der Waals surface area contributed by atoms with Gasteiger partial charge < -0.3 is 20.8 Å². The number of aromatic carboxylic acids is 1. The average molecular weight is 292 g/mol. The van der Waals surface area contributed by atoms with E-state index in [1.807, 2.05) is 0 Å². The van der Waals surface area contributed by atoms with Gasteiger partial charge in [-0.05, 0) is 36.8 Å². The molecule has 0 unspecified atom stereocenters. The lowest BCUT2D eigenvalue weighted by Crippen LogP contribution is -2.43. The number of carboxylic acids is 1. The first-order chi connectivity index (χ1) is 9.97. The number of aromatic hydroxyl groups is 1. The SMILES string of the molecule is CCC1(CNC(=O)Nc2cccc(C(=O)O)c2O)CCC1. The Morgan fingerprint density at radius 3 is 2.57 bits per heavy atom. The van der Waals surface area contributed by atoms with E-state index >= 15 is 0 Å². The number of benzene rings is 1. The Labute approximate surface area is 123 Å². The molecule has 1 fully saturated rings. The van der Waals surface area contributed by atoms with Gasteiger partial charge in [0.15, 0.2) is 5.75 Å². The maximum absolute atomic E-state index is 11.9. The lowest BCUT2D eigenvalue weighted by atomic mass is 9.67. The number of carboxylic acid groups (broad SMARTS) is 1. The number of amides is 2. The predicted molar refractivity (Wildman–Crippen MR) is 78.7 cm³/mol. The molecular weight excluding hydrogens is 272 g/mol. The minimum absolute atomic E-state index is 0.0894. The van der Waals surface area contributed by atoms with Crippen molar-refractivity contribution < 1.29 is 19.8 Å². The van der Waals surface area contributed by atoms with Crippen LogP contribution in [0.5, 0.6) is 5.75 Å². The Morgan fingerprint density at radius 2 is 2.05 bits per heavy atom. The Balaban J connectivity index is 1.97. The first-order valence-electron chi connectivity index (χ1n) is 7.07. The molecule has 0 saturated heterocycles. The van der Waals surface area contributed by atoms with Gasteiger partial charge in [-0.25, -0.2) is 9.59 Å². The van der Waals surface area contributed by atoms with Crippen molar-refractivity contribution >= 4 is 17.7 Å². The van der Waals surface area contributed by atoms with E-state index in [9.17, 15) is 14.7 Å². The van der Waals surface area contributed by atoms with Crippen LogP contribution in [-0.2, 0) is 0 Å². The van der Waals surface area contributed by atoms with Crippen LogP contribution in [0.2, 0.25) is 0 Å².